The first-order valence-corrected chi connectivity index (χ1v) is 11.0. The number of carbonyl (C=O) groups is 2. The van der Waals surface area contributed by atoms with Gasteiger partial charge in [0.1, 0.15) is 12.4 Å². The Morgan fingerprint density at radius 3 is 2.72 bits per heavy atom. The van der Waals surface area contributed by atoms with Crippen molar-refractivity contribution in [1.29, 1.82) is 0 Å². The third-order valence-corrected chi connectivity index (χ3v) is 5.75. The van der Waals surface area contributed by atoms with Gasteiger partial charge in [-0.05, 0) is 49.4 Å². The molecule has 2 aromatic rings. The van der Waals surface area contributed by atoms with Gasteiger partial charge < -0.3 is 24.1 Å². The molecule has 0 radical (unpaired) electrons. The van der Waals surface area contributed by atoms with Crippen LogP contribution in [0.5, 0.6) is 5.75 Å². The molecule has 1 aromatic carbocycles. The Labute approximate surface area is 188 Å². The number of ether oxygens (including phenoxy) is 1. The van der Waals surface area contributed by atoms with Gasteiger partial charge in [-0.2, -0.15) is 0 Å². The van der Waals surface area contributed by atoms with Crippen molar-refractivity contribution in [3.63, 3.8) is 0 Å². The fourth-order valence-electron chi connectivity index (χ4n) is 4.02. The van der Waals surface area contributed by atoms with Gasteiger partial charge in [-0.3, -0.25) is 9.59 Å². The summed E-state index contributed by atoms with van der Waals surface area (Å²) in [4.78, 5) is 29.0. The lowest BCUT2D eigenvalue weighted by Crippen LogP contribution is -3.11. The standard InChI is InChI=1S/C25H30N2O5/c1-4-15-31-19-11-7-10-18(17-19)22-21(23(28)20-12-8-16-32-20)24(29)25(30)27(22)14-9-13-26(5-2)6-3/h4,7-8,10-12,16-17,22,29H,1,5-6,9,13-15H2,2-3H3. The van der Waals surface area contributed by atoms with Crippen LogP contribution in [0.15, 0.2) is 71.1 Å². The maximum Gasteiger partial charge on any atom is 0.239 e. The molecule has 0 saturated heterocycles. The second kappa shape index (κ2) is 10.8. The number of carbonyl (C=O) groups excluding carboxylic acids is 2. The summed E-state index contributed by atoms with van der Waals surface area (Å²) < 4.78 is 10.9. The van der Waals surface area contributed by atoms with Crippen molar-refractivity contribution in [3.05, 3.63) is 78.0 Å². The van der Waals surface area contributed by atoms with E-state index in [-0.39, 0.29) is 11.3 Å². The lowest BCUT2D eigenvalue weighted by molar-refractivity contribution is -0.896. The first kappa shape index (κ1) is 23.3. The Bertz CT molecular complexity index is 976. The topological polar surface area (TPSA) is 87.2 Å². The van der Waals surface area contributed by atoms with Crippen molar-refractivity contribution in [2.45, 2.75) is 26.3 Å². The Hall–Kier alpha value is -3.32. The summed E-state index contributed by atoms with van der Waals surface area (Å²) in [6, 6.07) is 9.43. The maximum atomic E-state index is 13.1. The predicted octanol–water partition coefficient (Wildman–Crippen LogP) is 1.54. The molecule has 1 N–H and O–H groups in total. The Kier molecular flexibility index (Phi) is 7.89. The van der Waals surface area contributed by atoms with Gasteiger partial charge in [0, 0.05) is 18.5 Å². The number of nitrogens with one attached hydrogen (secondary N) is 1. The first-order chi connectivity index (χ1) is 15.5. The second-order valence-electron chi connectivity index (χ2n) is 7.68. The summed E-state index contributed by atoms with van der Waals surface area (Å²) in [5.41, 5.74) is 0.567. The highest BCUT2D eigenvalue weighted by Gasteiger charge is 2.40. The van der Waals surface area contributed by atoms with Crippen molar-refractivity contribution < 1.29 is 28.7 Å². The summed E-state index contributed by atoms with van der Waals surface area (Å²) in [7, 11) is 0. The molecule has 0 bridgehead atoms. The van der Waals surface area contributed by atoms with Gasteiger partial charge in [0.25, 0.3) is 0 Å². The zero-order chi connectivity index (χ0) is 23.1. The largest absolute Gasteiger partial charge is 0.868 e. The number of furan rings is 1. The van der Waals surface area contributed by atoms with E-state index in [4.69, 9.17) is 9.15 Å². The molecular weight excluding hydrogens is 408 g/mol. The molecule has 0 aliphatic carbocycles. The fourth-order valence-corrected chi connectivity index (χ4v) is 4.02. The Morgan fingerprint density at radius 1 is 1.28 bits per heavy atom. The highest BCUT2D eigenvalue weighted by atomic mass is 16.5. The lowest BCUT2D eigenvalue weighted by atomic mass is 9.95. The van der Waals surface area contributed by atoms with Crippen molar-refractivity contribution in [1.82, 2.24) is 4.90 Å². The minimum Gasteiger partial charge on any atom is -0.868 e. The van der Waals surface area contributed by atoms with Crippen molar-refractivity contribution in [2.24, 2.45) is 0 Å². The van der Waals surface area contributed by atoms with E-state index >= 15 is 0 Å². The number of amides is 1. The van der Waals surface area contributed by atoms with Crippen LogP contribution in [0.4, 0.5) is 0 Å². The van der Waals surface area contributed by atoms with Gasteiger partial charge in [0.2, 0.25) is 11.7 Å². The van der Waals surface area contributed by atoms with Crippen LogP contribution >= 0.6 is 0 Å². The summed E-state index contributed by atoms with van der Waals surface area (Å²) in [5, 5.41) is 13.0. The van der Waals surface area contributed by atoms with Crippen LogP contribution in [0.3, 0.4) is 0 Å². The Morgan fingerprint density at radius 2 is 2.06 bits per heavy atom. The van der Waals surface area contributed by atoms with Crippen LogP contribution in [0, 0.1) is 0 Å². The third-order valence-electron chi connectivity index (χ3n) is 5.75. The normalized spacial score (nSPS) is 16.2. The minimum absolute atomic E-state index is 0.0413. The smallest absolute Gasteiger partial charge is 0.239 e. The molecule has 32 heavy (non-hydrogen) atoms. The van der Waals surface area contributed by atoms with E-state index in [1.54, 1.807) is 36.4 Å². The molecule has 1 aliphatic rings. The quantitative estimate of drug-likeness (QED) is 0.401. The second-order valence-corrected chi connectivity index (χ2v) is 7.68. The number of Topliss-reactive ketones (excluding diaryl/α,β-unsaturated/α-hetero) is 1. The van der Waals surface area contributed by atoms with Crippen LogP contribution < -0.4 is 14.7 Å². The number of quaternary nitrogens is 1. The SMILES string of the molecule is C=CCOc1cccc(C2C(C(=O)c3ccco3)=C([O-])C(=O)N2CCC[NH+](CC)CC)c1. The average Bonchev–Trinajstić information content (AvgIpc) is 3.43. The van der Waals surface area contributed by atoms with Crippen LogP contribution in [0.1, 0.15) is 42.4 Å². The van der Waals surface area contributed by atoms with Crippen molar-refractivity contribution in [2.75, 3.05) is 32.8 Å². The summed E-state index contributed by atoms with van der Waals surface area (Å²) in [6.07, 6.45) is 3.73. The highest BCUT2D eigenvalue weighted by Crippen LogP contribution is 2.39. The van der Waals surface area contributed by atoms with E-state index < -0.39 is 23.5 Å². The molecule has 1 unspecified atom stereocenters. The first-order valence-electron chi connectivity index (χ1n) is 11.0. The number of hydrogen-bond acceptors (Lipinski definition) is 5. The van der Waals surface area contributed by atoms with Gasteiger partial charge in [0.05, 0.1) is 31.9 Å². The minimum atomic E-state index is -0.786. The van der Waals surface area contributed by atoms with E-state index in [0.717, 1.165) is 26.1 Å². The van der Waals surface area contributed by atoms with Gasteiger partial charge in [0.15, 0.2) is 5.76 Å². The molecule has 0 saturated carbocycles. The number of ketones is 1. The maximum absolute atomic E-state index is 13.1. The van der Waals surface area contributed by atoms with Gasteiger partial charge in [-0.25, -0.2) is 0 Å². The number of rotatable bonds is 12. The van der Waals surface area contributed by atoms with E-state index in [1.807, 2.05) is 0 Å². The summed E-state index contributed by atoms with van der Waals surface area (Å²) in [5.74, 6) is -1.38. The molecule has 0 fully saturated rings. The molecule has 2 heterocycles. The average molecular weight is 439 g/mol. The molecule has 7 nitrogen and oxygen atoms in total. The monoisotopic (exact) mass is 438 g/mol. The molecule has 3 rings (SSSR count). The van der Waals surface area contributed by atoms with Gasteiger partial charge in [-0.1, -0.05) is 24.8 Å². The number of hydrogen-bond donors (Lipinski definition) is 1. The summed E-state index contributed by atoms with van der Waals surface area (Å²) >= 11 is 0. The Balaban J connectivity index is 1.95. The van der Waals surface area contributed by atoms with Crippen LogP contribution in [-0.4, -0.2) is 49.4 Å². The fraction of sp³-hybridized carbons (Fsp3) is 0.360. The lowest BCUT2D eigenvalue weighted by Gasteiger charge is -2.28. The van der Waals surface area contributed by atoms with Crippen molar-refractivity contribution in [3.8, 4) is 5.75 Å². The molecule has 1 atom stereocenters. The number of nitrogens with zero attached hydrogens (tertiary/aromatic N) is 1. The zero-order valence-electron chi connectivity index (χ0n) is 18.6. The van der Waals surface area contributed by atoms with Gasteiger partial charge in [-0.15, -0.1) is 0 Å². The molecule has 7 heteroatoms. The zero-order valence-corrected chi connectivity index (χ0v) is 18.6. The van der Waals surface area contributed by atoms with Crippen molar-refractivity contribution >= 4 is 11.7 Å². The van der Waals surface area contributed by atoms with Crippen LogP contribution in [0.25, 0.3) is 0 Å². The molecule has 1 aliphatic heterocycles. The van der Waals surface area contributed by atoms with Gasteiger partial charge >= 0.3 is 0 Å². The number of benzene rings is 1. The molecule has 1 aromatic heterocycles. The van der Waals surface area contributed by atoms with Crippen LogP contribution in [0.2, 0.25) is 0 Å². The van der Waals surface area contributed by atoms with E-state index in [0.29, 0.717) is 24.5 Å². The summed E-state index contributed by atoms with van der Waals surface area (Å²) in [6.45, 7) is 11.4. The molecule has 0 spiro atoms. The predicted molar refractivity (Wildman–Crippen MR) is 118 cm³/mol. The van der Waals surface area contributed by atoms with Crippen LogP contribution in [-0.2, 0) is 4.79 Å². The van der Waals surface area contributed by atoms with E-state index in [1.165, 1.54) is 22.1 Å². The van der Waals surface area contributed by atoms with E-state index in [2.05, 4.69) is 20.4 Å². The van der Waals surface area contributed by atoms with E-state index in [9.17, 15) is 14.7 Å². The molecule has 1 amide bonds. The third kappa shape index (κ3) is 4.94. The molecule has 170 valence electrons. The molecular formula is C25H30N2O5. The highest BCUT2D eigenvalue weighted by molar-refractivity contribution is 6.14.